The first kappa shape index (κ1) is 23.8. The molecule has 2 saturated heterocycles. The van der Waals surface area contributed by atoms with Gasteiger partial charge in [-0.1, -0.05) is 6.07 Å². The van der Waals surface area contributed by atoms with Gasteiger partial charge in [-0.2, -0.15) is 0 Å². The maximum atomic E-state index is 13.4. The Balaban J connectivity index is 1.27. The van der Waals surface area contributed by atoms with Gasteiger partial charge < -0.3 is 24.6 Å². The van der Waals surface area contributed by atoms with Crippen LogP contribution in [0.5, 0.6) is 5.75 Å². The second-order valence-electron chi connectivity index (χ2n) is 9.46. The van der Waals surface area contributed by atoms with Crippen LogP contribution in [0.25, 0.3) is 0 Å². The van der Waals surface area contributed by atoms with Crippen molar-refractivity contribution in [2.45, 2.75) is 56.8 Å². The first-order valence-electron chi connectivity index (χ1n) is 12.3. The topological polar surface area (TPSA) is 88.2 Å². The van der Waals surface area contributed by atoms with Gasteiger partial charge in [0.25, 0.3) is 11.8 Å². The summed E-state index contributed by atoms with van der Waals surface area (Å²) in [5.41, 5.74) is 0.957. The number of piperidine rings is 1. The molecule has 3 amide bonds. The highest BCUT2D eigenvalue weighted by molar-refractivity contribution is 7.12. The van der Waals surface area contributed by atoms with E-state index < -0.39 is 0 Å². The summed E-state index contributed by atoms with van der Waals surface area (Å²) in [5, 5.41) is 4.70. The fraction of sp³-hybridized carbons (Fsp3) is 0.500. The van der Waals surface area contributed by atoms with E-state index in [-0.39, 0.29) is 36.0 Å². The van der Waals surface area contributed by atoms with Crippen LogP contribution in [0.2, 0.25) is 0 Å². The van der Waals surface area contributed by atoms with Crippen molar-refractivity contribution in [2.24, 2.45) is 0 Å². The minimum Gasteiger partial charge on any atom is -0.490 e. The Labute approximate surface area is 209 Å². The molecule has 186 valence electrons. The molecule has 5 rings (SSSR count). The molecule has 0 saturated carbocycles. The van der Waals surface area contributed by atoms with Crippen LogP contribution < -0.4 is 10.1 Å². The van der Waals surface area contributed by atoms with Crippen molar-refractivity contribution in [1.82, 2.24) is 9.80 Å². The maximum Gasteiger partial charge on any atom is 0.265 e. The van der Waals surface area contributed by atoms with Gasteiger partial charge in [-0.3, -0.25) is 14.4 Å². The summed E-state index contributed by atoms with van der Waals surface area (Å²) in [4.78, 5) is 42.8. The fourth-order valence-corrected chi connectivity index (χ4v) is 5.79. The summed E-state index contributed by atoms with van der Waals surface area (Å²) in [6.07, 6.45) is 4.72. The largest absolute Gasteiger partial charge is 0.490 e. The number of thiophene rings is 1. The predicted octanol–water partition coefficient (Wildman–Crippen LogP) is 3.78. The Morgan fingerprint density at radius 3 is 2.74 bits per heavy atom. The van der Waals surface area contributed by atoms with Gasteiger partial charge >= 0.3 is 0 Å². The van der Waals surface area contributed by atoms with Gasteiger partial charge in [-0.15, -0.1) is 11.3 Å². The zero-order valence-electron chi connectivity index (χ0n) is 19.9. The number of carbonyl (C=O) groups is 3. The minimum absolute atomic E-state index is 0.138. The average molecular weight is 498 g/mol. The standard InChI is InChI=1S/C26H31N3O5S/c1-28-20-9-8-18(15-24(30)29-11-3-2-4-12-29)34-22(20)16-33-21-10-7-17(14-19(21)26(28)32)27-25(31)23-6-5-13-35-23/h5-7,10,13-14,18,20,22H,2-4,8-9,11-12,15-16H2,1H3,(H,27,31)/t18-,20-,22+/m0/s1. The number of hydrogen-bond acceptors (Lipinski definition) is 6. The van der Waals surface area contributed by atoms with E-state index in [0.29, 0.717) is 34.9 Å². The molecule has 3 aliphatic heterocycles. The molecular weight excluding hydrogens is 466 g/mol. The number of nitrogens with one attached hydrogen (secondary N) is 1. The second-order valence-corrected chi connectivity index (χ2v) is 10.4. The summed E-state index contributed by atoms with van der Waals surface area (Å²) in [5.74, 6) is 0.239. The monoisotopic (exact) mass is 497 g/mol. The van der Waals surface area contributed by atoms with Crippen LogP contribution in [0, 0.1) is 0 Å². The molecule has 0 aliphatic carbocycles. The summed E-state index contributed by atoms with van der Waals surface area (Å²) in [7, 11) is 1.79. The van der Waals surface area contributed by atoms with Crippen molar-refractivity contribution in [3.05, 3.63) is 46.2 Å². The van der Waals surface area contributed by atoms with E-state index >= 15 is 0 Å². The van der Waals surface area contributed by atoms with E-state index in [1.54, 1.807) is 36.2 Å². The number of benzene rings is 1. The molecular formula is C26H31N3O5S. The Morgan fingerprint density at radius 1 is 1.14 bits per heavy atom. The van der Waals surface area contributed by atoms with E-state index in [2.05, 4.69) is 5.32 Å². The molecule has 1 N–H and O–H groups in total. The molecule has 1 aromatic carbocycles. The first-order chi connectivity index (χ1) is 17.0. The molecule has 2 fully saturated rings. The highest BCUT2D eigenvalue weighted by Gasteiger charge is 2.39. The summed E-state index contributed by atoms with van der Waals surface area (Å²) >= 11 is 1.36. The van der Waals surface area contributed by atoms with E-state index in [1.165, 1.54) is 17.8 Å². The van der Waals surface area contributed by atoms with Gasteiger partial charge in [-0.05, 0) is 61.7 Å². The molecule has 1 aromatic heterocycles. The molecule has 9 heteroatoms. The van der Waals surface area contributed by atoms with Crippen molar-refractivity contribution >= 4 is 34.7 Å². The van der Waals surface area contributed by atoms with Crippen LogP contribution in [0.1, 0.15) is 58.6 Å². The highest BCUT2D eigenvalue weighted by atomic mass is 32.1. The maximum absolute atomic E-state index is 13.4. The van der Waals surface area contributed by atoms with Crippen molar-refractivity contribution in [3.63, 3.8) is 0 Å². The lowest BCUT2D eigenvalue weighted by Gasteiger charge is -2.42. The molecule has 4 heterocycles. The number of likely N-dealkylation sites (N-methyl/N-ethyl adjacent to an activating group) is 1. The third-order valence-electron chi connectivity index (χ3n) is 7.13. The van der Waals surface area contributed by atoms with Crippen molar-refractivity contribution in [2.75, 3.05) is 32.1 Å². The number of fused-ring (bicyclic) bond motifs is 2. The average Bonchev–Trinajstić information content (AvgIpc) is 3.42. The fourth-order valence-electron chi connectivity index (χ4n) is 5.17. The van der Waals surface area contributed by atoms with Crippen LogP contribution in [0.3, 0.4) is 0 Å². The smallest absolute Gasteiger partial charge is 0.265 e. The van der Waals surface area contributed by atoms with Crippen molar-refractivity contribution in [3.8, 4) is 5.75 Å². The first-order valence-corrected chi connectivity index (χ1v) is 13.2. The second kappa shape index (κ2) is 10.4. The van der Waals surface area contributed by atoms with Gasteiger partial charge in [0, 0.05) is 25.8 Å². The number of amides is 3. The Bertz CT molecular complexity index is 1080. The van der Waals surface area contributed by atoms with Crippen LogP contribution >= 0.6 is 11.3 Å². The Kier molecular flexibility index (Phi) is 7.06. The van der Waals surface area contributed by atoms with Gasteiger partial charge in [-0.25, -0.2) is 0 Å². The van der Waals surface area contributed by atoms with Crippen LogP contribution in [0.15, 0.2) is 35.7 Å². The summed E-state index contributed by atoms with van der Waals surface area (Å²) in [6.45, 7) is 1.97. The molecule has 3 aliphatic rings. The van der Waals surface area contributed by atoms with Crippen LogP contribution in [0.4, 0.5) is 5.69 Å². The molecule has 8 nitrogen and oxygen atoms in total. The molecule has 0 spiro atoms. The third-order valence-corrected chi connectivity index (χ3v) is 7.99. The zero-order chi connectivity index (χ0) is 24.4. The van der Waals surface area contributed by atoms with Crippen LogP contribution in [-0.2, 0) is 9.53 Å². The van der Waals surface area contributed by atoms with Crippen molar-refractivity contribution in [1.29, 1.82) is 0 Å². The lowest BCUT2D eigenvalue weighted by molar-refractivity contribution is -0.143. The van der Waals surface area contributed by atoms with E-state index in [0.717, 1.165) is 38.8 Å². The van der Waals surface area contributed by atoms with E-state index in [4.69, 9.17) is 9.47 Å². The minimum atomic E-state index is -0.303. The lowest BCUT2D eigenvalue weighted by atomic mass is 9.94. The predicted molar refractivity (Wildman–Crippen MR) is 133 cm³/mol. The SMILES string of the molecule is CN1C(=O)c2cc(NC(=O)c3cccs3)ccc2OC[C@H]2O[C@H](CC(=O)N3CCCCC3)CC[C@@H]21. The van der Waals surface area contributed by atoms with Crippen LogP contribution in [-0.4, -0.2) is 72.5 Å². The highest BCUT2D eigenvalue weighted by Crippen LogP contribution is 2.33. The summed E-state index contributed by atoms with van der Waals surface area (Å²) in [6, 6.07) is 8.56. The molecule has 3 atom stereocenters. The molecule has 0 bridgehead atoms. The van der Waals surface area contributed by atoms with Crippen molar-refractivity contribution < 1.29 is 23.9 Å². The van der Waals surface area contributed by atoms with Gasteiger partial charge in [0.05, 0.1) is 29.0 Å². The quantitative estimate of drug-likeness (QED) is 0.695. The normalized spacial score (nSPS) is 24.5. The molecule has 0 radical (unpaired) electrons. The molecule has 2 aromatic rings. The molecule has 0 unspecified atom stereocenters. The lowest BCUT2D eigenvalue weighted by Crippen LogP contribution is -2.54. The number of nitrogens with zero attached hydrogens (tertiary/aromatic N) is 2. The third kappa shape index (κ3) is 5.21. The zero-order valence-corrected chi connectivity index (χ0v) is 20.7. The van der Waals surface area contributed by atoms with E-state index in [1.807, 2.05) is 16.3 Å². The van der Waals surface area contributed by atoms with Gasteiger partial charge in [0.15, 0.2) is 0 Å². The van der Waals surface area contributed by atoms with Gasteiger partial charge in [0.1, 0.15) is 18.5 Å². The number of hydrogen-bond donors (Lipinski definition) is 1. The number of carbonyl (C=O) groups excluding carboxylic acids is 3. The summed E-state index contributed by atoms with van der Waals surface area (Å²) < 4.78 is 12.4. The number of ether oxygens (including phenoxy) is 2. The number of likely N-dealkylation sites (tertiary alicyclic amines) is 1. The molecule has 35 heavy (non-hydrogen) atoms. The van der Waals surface area contributed by atoms with Gasteiger partial charge in [0.2, 0.25) is 5.91 Å². The Morgan fingerprint density at radius 2 is 1.97 bits per heavy atom. The Hall–Kier alpha value is -2.91. The van der Waals surface area contributed by atoms with E-state index in [9.17, 15) is 14.4 Å². The number of rotatable bonds is 4. The number of anilines is 1.